The number of hydrogen-bond donors (Lipinski definition) is 1. The van der Waals surface area contributed by atoms with Crippen LogP contribution in [0.3, 0.4) is 0 Å². The van der Waals surface area contributed by atoms with Crippen LogP contribution < -0.4 is 5.32 Å². The second-order valence-corrected chi connectivity index (χ2v) is 3.06. The summed E-state index contributed by atoms with van der Waals surface area (Å²) in [7, 11) is 1.92. The van der Waals surface area contributed by atoms with Gasteiger partial charge in [0, 0.05) is 12.7 Å². The average molecular weight is 188 g/mol. The topological polar surface area (TPSA) is 38.1 Å². The van der Waals surface area contributed by atoms with Gasteiger partial charge < -0.3 is 9.73 Å². The summed E-state index contributed by atoms with van der Waals surface area (Å²) in [4.78, 5) is 4.31. The number of furan rings is 1. The Balaban J connectivity index is 2.22. The maximum absolute atomic E-state index is 5.24. The molecule has 14 heavy (non-hydrogen) atoms. The van der Waals surface area contributed by atoms with Crippen LogP contribution in [0.25, 0.3) is 11.5 Å². The molecule has 0 saturated carbocycles. The van der Waals surface area contributed by atoms with Gasteiger partial charge in [0.15, 0.2) is 5.76 Å². The highest BCUT2D eigenvalue weighted by Gasteiger charge is 2.00. The third-order valence-corrected chi connectivity index (χ3v) is 1.98. The molecule has 0 spiro atoms. The maximum Gasteiger partial charge on any atom is 0.152 e. The molecule has 0 fully saturated rings. The molecule has 0 aromatic carbocycles. The normalized spacial score (nSPS) is 10.4. The SMILES string of the molecule is CNCc1ccc(-c2ccco2)nc1. The summed E-state index contributed by atoms with van der Waals surface area (Å²) in [5.74, 6) is 0.806. The Kier molecular flexibility index (Phi) is 2.60. The molecule has 0 atom stereocenters. The highest BCUT2D eigenvalue weighted by atomic mass is 16.3. The van der Waals surface area contributed by atoms with Gasteiger partial charge in [0.25, 0.3) is 0 Å². The van der Waals surface area contributed by atoms with Crippen molar-refractivity contribution in [3.05, 3.63) is 42.3 Å². The van der Waals surface area contributed by atoms with E-state index in [1.165, 1.54) is 5.56 Å². The minimum atomic E-state index is 0.806. The summed E-state index contributed by atoms with van der Waals surface area (Å²) in [6.45, 7) is 0.839. The van der Waals surface area contributed by atoms with Crippen LogP contribution >= 0.6 is 0 Å². The minimum absolute atomic E-state index is 0.806. The van der Waals surface area contributed by atoms with E-state index >= 15 is 0 Å². The lowest BCUT2D eigenvalue weighted by Crippen LogP contribution is -2.05. The van der Waals surface area contributed by atoms with E-state index in [2.05, 4.69) is 10.3 Å². The predicted octanol–water partition coefficient (Wildman–Crippen LogP) is 2.06. The predicted molar refractivity (Wildman–Crippen MR) is 54.7 cm³/mol. The van der Waals surface area contributed by atoms with Crippen LogP contribution in [0, 0.1) is 0 Å². The van der Waals surface area contributed by atoms with Crippen LogP contribution in [0.4, 0.5) is 0 Å². The van der Waals surface area contributed by atoms with Gasteiger partial charge >= 0.3 is 0 Å². The second kappa shape index (κ2) is 4.07. The number of rotatable bonds is 3. The highest BCUT2D eigenvalue weighted by molar-refractivity contribution is 5.51. The molecule has 2 aromatic rings. The van der Waals surface area contributed by atoms with Crippen molar-refractivity contribution in [1.29, 1.82) is 0 Å². The first-order chi connectivity index (χ1) is 6.90. The lowest BCUT2D eigenvalue weighted by atomic mass is 10.2. The Hall–Kier alpha value is -1.61. The van der Waals surface area contributed by atoms with Crippen LogP contribution in [-0.4, -0.2) is 12.0 Å². The summed E-state index contributed by atoms with van der Waals surface area (Å²) in [6, 6.07) is 7.77. The molecule has 0 aliphatic carbocycles. The standard InChI is InChI=1S/C11H12N2O/c1-12-7-9-4-5-10(13-8-9)11-3-2-6-14-11/h2-6,8,12H,7H2,1H3. The van der Waals surface area contributed by atoms with Gasteiger partial charge in [0.1, 0.15) is 5.69 Å². The number of nitrogens with zero attached hydrogens (tertiary/aromatic N) is 1. The molecule has 2 heterocycles. The van der Waals surface area contributed by atoms with E-state index in [0.717, 1.165) is 18.0 Å². The molecular weight excluding hydrogens is 176 g/mol. The second-order valence-electron chi connectivity index (χ2n) is 3.06. The number of aromatic nitrogens is 1. The van der Waals surface area contributed by atoms with Gasteiger partial charge in [-0.15, -0.1) is 0 Å². The van der Waals surface area contributed by atoms with Crippen LogP contribution in [0.15, 0.2) is 41.1 Å². The molecule has 0 bridgehead atoms. The van der Waals surface area contributed by atoms with E-state index < -0.39 is 0 Å². The zero-order valence-corrected chi connectivity index (χ0v) is 8.03. The molecule has 1 N–H and O–H groups in total. The van der Waals surface area contributed by atoms with Gasteiger partial charge in [-0.3, -0.25) is 4.98 Å². The van der Waals surface area contributed by atoms with Crippen molar-refractivity contribution in [3.63, 3.8) is 0 Å². The Bertz CT molecular complexity index is 378. The fourth-order valence-electron chi connectivity index (χ4n) is 1.30. The Labute approximate surface area is 82.8 Å². The fraction of sp³-hybridized carbons (Fsp3) is 0.182. The lowest BCUT2D eigenvalue weighted by molar-refractivity contribution is 0.580. The van der Waals surface area contributed by atoms with E-state index in [-0.39, 0.29) is 0 Å². The van der Waals surface area contributed by atoms with Gasteiger partial charge in [0.2, 0.25) is 0 Å². The Morgan fingerprint density at radius 1 is 1.36 bits per heavy atom. The average Bonchev–Trinajstić information content (AvgIpc) is 2.72. The summed E-state index contributed by atoms with van der Waals surface area (Å²) in [5.41, 5.74) is 2.04. The van der Waals surface area contributed by atoms with Crippen molar-refractivity contribution in [1.82, 2.24) is 10.3 Å². The van der Waals surface area contributed by atoms with Gasteiger partial charge in [-0.25, -0.2) is 0 Å². The van der Waals surface area contributed by atoms with E-state index in [4.69, 9.17) is 4.42 Å². The van der Waals surface area contributed by atoms with Crippen molar-refractivity contribution in [2.45, 2.75) is 6.54 Å². The number of hydrogen-bond acceptors (Lipinski definition) is 3. The molecule has 3 heteroatoms. The zero-order chi connectivity index (χ0) is 9.80. The first-order valence-corrected chi connectivity index (χ1v) is 4.53. The molecule has 2 aromatic heterocycles. The molecule has 0 unspecified atom stereocenters. The Morgan fingerprint density at radius 3 is 2.86 bits per heavy atom. The fourth-order valence-corrected chi connectivity index (χ4v) is 1.30. The van der Waals surface area contributed by atoms with E-state index in [9.17, 15) is 0 Å². The molecule has 0 aliphatic rings. The van der Waals surface area contributed by atoms with Gasteiger partial charge in [-0.1, -0.05) is 6.07 Å². The molecule has 0 amide bonds. The molecule has 2 rings (SSSR count). The quantitative estimate of drug-likeness (QED) is 0.801. The monoisotopic (exact) mass is 188 g/mol. The van der Waals surface area contributed by atoms with Crippen LogP contribution in [0.2, 0.25) is 0 Å². The third kappa shape index (κ3) is 1.83. The molecule has 3 nitrogen and oxygen atoms in total. The minimum Gasteiger partial charge on any atom is -0.463 e. The largest absolute Gasteiger partial charge is 0.463 e. The van der Waals surface area contributed by atoms with Gasteiger partial charge in [-0.05, 0) is 30.8 Å². The van der Waals surface area contributed by atoms with Crippen molar-refractivity contribution >= 4 is 0 Å². The molecule has 0 aliphatic heterocycles. The summed E-state index contributed by atoms with van der Waals surface area (Å²) in [5, 5.41) is 3.07. The first-order valence-electron chi connectivity index (χ1n) is 4.53. The van der Waals surface area contributed by atoms with E-state index in [1.807, 2.05) is 37.5 Å². The first kappa shape index (κ1) is 8.97. The van der Waals surface area contributed by atoms with Crippen LogP contribution in [-0.2, 0) is 6.54 Å². The summed E-state index contributed by atoms with van der Waals surface area (Å²) >= 11 is 0. The summed E-state index contributed by atoms with van der Waals surface area (Å²) < 4.78 is 5.24. The highest BCUT2D eigenvalue weighted by Crippen LogP contribution is 2.16. The van der Waals surface area contributed by atoms with Crippen molar-refractivity contribution in [2.24, 2.45) is 0 Å². The van der Waals surface area contributed by atoms with Crippen molar-refractivity contribution < 1.29 is 4.42 Å². The van der Waals surface area contributed by atoms with Crippen LogP contribution in [0.5, 0.6) is 0 Å². The van der Waals surface area contributed by atoms with Crippen molar-refractivity contribution in [2.75, 3.05) is 7.05 Å². The number of nitrogens with one attached hydrogen (secondary N) is 1. The lowest BCUT2D eigenvalue weighted by Gasteiger charge is -2.00. The smallest absolute Gasteiger partial charge is 0.152 e. The zero-order valence-electron chi connectivity index (χ0n) is 8.03. The van der Waals surface area contributed by atoms with E-state index in [0.29, 0.717) is 0 Å². The molecule has 0 saturated heterocycles. The maximum atomic E-state index is 5.24. The van der Waals surface area contributed by atoms with Gasteiger partial charge in [-0.2, -0.15) is 0 Å². The van der Waals surface area contributed by atoms with E-state index in [1.54, 1.807) is 6.26 Å². The molecule has 0 radical (unpaired) electrons. The van der Waals surface area contributed by atoms with Gasteiger partial charge in [0.05, 0.1) is 6.26 Å². The molecule has 72 valence electrons. The third-order valence-electron chi connectivity index (χ3n) is 1.98. The van der Waals surface area contributed by atoms with Crippen molar-refractivity contribution in [3.8, 4) is 11.5 Å². The Morgan fingerprint density at radius 2 is 2.29 bits per heavy atom. The number of pyridine rings is 1. The van der Waals surface area contributed by atoms with Crippen LogP contribution in [0.1, 0.15) is 5.56 Å². The molecular formula is C11H12N2O. The summed E-state index contributed by atoms with van der Waals surface area (Å²) in [6.07, 6.45) is 3.51.